The van der Waals surface area contributed by atoms with Gasteiger partial charge in [0.1, 0.15) is 10.7 Å². The average molecular weight is 380 g/mol. The van der Waals surface area contributed by atoms with Crippen molar-refractivity contribution in [1.82, 2.24) is 25.1 Å². The maximum Gasteiger partial charge on any atom is 0.277 e. The number of aromatic nitrogens is 4. The first kappa shape index (κ1) is 16.9. The molecule has 0 atom stereocenters. The number of carbonyl (C=O) groups is 3. The SMILES string of the molecule is O=C(Nc1nnc(CCN2C(=O)c3ccccc3C2=O)s1)c1cnccn1. The van der Waals surface area contributed by atoms with Gasteiger partial charge >= 0.3 is 0 Å². The van der Waals surface area contributed by atoms with Crippen LogP contribution in [0, 0.1) is 0 Å². The van der Waals surface area contributed by atoms with Crippen molar-refractivity contribution in [3.05, 3.63) is 64.7 Å². The molecule has 0 saturated heterocycles. The second kappa shape index (κ2) is 7.00. The Morgan fingerprint density at radius 3 is 2.48 bits per heavy atom. The lowest BCUT2D eigenvalue weighted by molar-refractivity contribution is 0.0655. The van der Waals surface area contributed by atoms with Gasteiger partial charge in [0.25, 0.3) is 17.7 Å². The lowest BCUT2D eigenvalue weighted by atomic mass is 10.1. The van der Waals surface area contributed by atoms with E-state index in [0.29, 0.717) is 27.7 Å². The minimum absolute atomic E-state index is 0.167. The number of nitrogens with one attached hydrogen (secondary N) is 1. The van der Waals surface area contributed by atoms with Crippen LogP contribution in [0.2, 0.25) is 0 Å². The molecule has 0 fully saturated rings. The highest BCUT2D eigenvalue weighted by molar-refractivity contribution is 7.15. The molecule has 27 heavy (non-hydrogen) atoms. The van der Waals surface area contributed by atoms with Crippen LogP contribution in [-0.2, 0) is 6.42 Å². The van der Waals surface area contributed by atoms with Crippen LogP contribution >= 0.6 is 11.3 Å². The number of amides is 3. The predicted molar refractivity (Wildman–Crippen MR) is 95.4 cm³/mol. The Hall–Kier alpha value is -3.53. The molecule has 0 unspecified atom stereocenters. The molecule has 0 bridgehead atoms. The van der Waals surface area contributed by atoms with E-state index < -0.39 is 5.91 Å². The highest BCUT2D eigenvalue weighted by atomic mass is 32.1. The second-order valence-electron chi connectivity index (χ2n) is 5.60. The molecule has 3 amide bonds. The largest absolute Gasteiger partial charge is 0.295 e. The number of fused-ring (bicyclic) bond motifs is 1. The first-order chi connectivity index (χ1) is 13.1. The molecule has 0 saturated carbocycles. The minimum atomic E-state index is -0.439. The molecule has 3 heterocycles. The number of hydrogen-bond donors (Lipinski definition) is 1. The molecule has 9 nitrogen and oxygen atoms in total. The van der Waals surface area contributed by atoms with Crippen molar-refractivity contribution in [2.45, 2.75) is 6.42 Å². The maximum absolute atomic E-state index is 12.3. The zero-order valence-corrected chi connectivity index (χ0v) is 14.6. The van der Waals surface area contributed by atoms with Gasteiger partial charge in [0.05, 0.1) is 17.3 Å². The number of hydrogen-bond acceptors (Lipinski definition) is 8. The topological polar surface area (TPSA) is 118 Å². The molecule has 3 aromatic rings. The molecule has 0 spiro atoms. The Bertz CT molecular complexity index is 1000. The summed E-state index contributed by atoms with van der Waals surface area (Å²) in [6.45, 7) is 0.194. The fourth-order valence-corrected chi connectivity index (χ4v) is 3.36. The summed E-state index contributed by atoms with van der Waals surface area (Å²) in [4.78, 5) is 45.6. The van der Waals surface area contributed by atoms with Crippen LogP contribution in [-0.4, -0.2) is 49.3 Å². The van der Waals surface area contributed by atoms with E-state index in [2.05, 4.69) is 25.5 Å². The van der Waals surface area contributed by atoms with Gasteiger partial charge in [0.15, 0.2) is 0 Å². The van der Waals surface area contributed by atoms with Gasteiger partial charge < -0.3 is 0 Å². The summed E-state index contributed by atoms with van der Waals surface area (Å²) in [7, 11) is 0. The van der Waals surface area contributed by atoms with Gasteiger partial charge in [-0.25, -0.2) is 4.98 Å². The van der Waals surface area contributed by atoms with Crippen LogP contribution in [0.25, 0.3) is 0 Å². The van der Waals surface area contributed by atoms with Gasteiger partial charge in [-0.2, -0.15) is 0 Å². The third-order valence-corrected chi connectivity index (χ3v) is 4.81. The number of imide groups is 1. The molecule has 1 aromatic carbocycles. The van der Waals surface area contributed by atoms with Crippen LogP contribution in [0.4, 0.5) is 5.13 Å². The zero-order chi connectivity index (χ0) is 18.8. The van der Waals surface area contributed by atoms with Crippen LogP contribution in [0.3, 0.4) is 0 Å². The zero-order valence-electron chi connectivity index (χ0n) is 13.8. The summed E-state index contributed by atoms with van der Waals surface area (Å²) in [6.07, 6.45) is 4.59. The third kappa shape index (κ3) is 3.29. The fourth-order valence-electron chi connectivity index (χ4n) is 2.63. The molecule has 134 valence electrons. The first-order valence-electron chi connectivity index (χ1n) is 7.98. The van der Waals surface area contributed by atoms with Crippen LogP contribution in [0.1, 0.15) is 36.2 Å². The molecular formula is C17H12N6O3S. The van der Waals surface area contributed by atoms with Gasteiger partial charge in [0, 0.05) is 25.4 Å². The van der Waals surface area contributed by atoms with Crippen molar-refractivity contribution in [2.24, 2.45) is 0 Å². The van der Waals surface area contributed by atoms with E-state index in [0.717, 1.165) is 0 Å². The molecule has 0 radical (unpaired) electrons. The van der Waals surface area contributed by atoms with Crippen LogP contribution < -0.4 is 5.32 Å². The summed E-state index contributed by atoms with van der Waals surface area (Å²) in [6, 6.07) is 6.73. The molecule has 1 aliphatic rings. The predicted octanol–water partition coefficient (Wildman–Crippen LogP) is 1.42. The normalized spacial score (nSPS) is 13.0. The Kier molecular flexibility index (Phi) is 4.38. The summed E-state index contributed by atoms with van der Waals surface area (Å²) in [5.74, 6) is -1.06. The maximum atomic E-state index is 12.3. The Balaban J connectivity index is 1.39. The standard InChI is InChI=1S/C17H12N6O3S/c24-14(12-9-18-6-7-19-12)20-17-22-21-13(27-17)5-8-23-15(25)10-3-1-2-4-11(10)16(23)26/h1-4,6-7,9H,5,8H2,(H,20,22,24). The Morgan fingerprint density at radius 2 is 1.81 bits per heavy atom. The lowest BCUT2D eigenvalue weighted by Gasteiger charge is -2.12. The second-order valence-corrected chi connectivity index (χ2v) is 6.67. The molecule has 2 aromatic heterocycles. The molecule has 1 aliphatic heterocycles. The van der Waals surface area contributed by atoms with E-state index in [9.17, 15) is 14.4 Å². The number of benzene rings is 1. The lowest BCUT2D eigenvalue weighted by Crippen LogP contribution is -2.31. The number of carbonyl (C=O) groups excluding carboxylic acids is 3. The molecule has 4 rings (SSSR count). The highest BCUT2D eigenvalue weighted by Gasteiger charge is 2.34. The molecule has 10 heteroatoms. The van der Waals surface area contributed by atoms with Crippen molar-refractivity contribution < 1.29 is 14.4 Å². The summed E-state index contributed by atoms with van der Waals surface area (Å²) < 4.78 is 0. The van der Waals surface area contributed by atoms with Gasteiger partial charge in [-0.05, 0) is 12.1 Å². The van der Waals surface area contributed by atoms with Crippen LogP contribution in [0.5, 0.6) is 0 Å². The van der Waals surface area contributed by atoms with Gasteiger partial charge in [-0.15, -0.1) is 10.2 Å². The third-order valence-electron chi connectivity index (χ3n) is 3.91. The van der Waals surface area contributed by atoms with Crippen LogP contribution in [0.15, 0.2) is 42.9 Å². The van der Waals surface area contributed by atoms with Gasteiger partial charge in [-0.3, -0.25) is 29.6 Å². The fraction of sp³-hybridized carbons (Fsp3) is 0.118. The van der Waals surface area contributed by atoms with Crippen molar-refractivity contribution in [3.63, 3.8) is 0 Å². The molecular weight excluding hydrogens is 368 g/mol. The van der Waals surface area contributed by atoms with E-state index in [1.165, 1.54) is 34.8 Å². The number of rotatable bonds is 5. The average Bonchev–Trinajstić information content (AvgIpc) is 3.24. The van der Waals surface area contributed by atoms with E-state index >= 15 is 0 Å². The highest BCUT2D eigenvalue weighted by Crippen LogP contribution is 2.23. The van der Waals surface area contributed by atoms with E-state index in [1.807, 2.05) is 0 Å². The monoisotopic (exact) mass is 380 g/mol. The van der Waals surface area contributed by atoms with E-state index in [1.54, 1.807) is 24.3 Å². The number of anilines is 1. The van der Waals surface area contributed by atoms with Crippen molar-refractivity contribution in [3.8, 4) is 0 Å². The van der Waals surface area contributed by atoms with E-state index in [4.69, 9.17) is 0 Å². The van der Waals surface area contributed by atoms with E-state index in [-0.39, 0.29) is 24.1 Å². The van der Waals surface area contributed by atoms with Crippen molar-refractivity contribution in [1.29, 1.82) is 0 Å². The van der Waals surface area contributed by atoms with Gasteiger partial charge in [-0.1, -0.05) is 23.5 Å². The van der Waals surface area contributed by atoms with Gasteiger partial charge in [0.2, 0.25) is 5.13 Å². The Labute approximate surface area is 157 Å². The first-order valence-corrected chi connectivity index (χ1v) is 8.80. The Morgan fingerprint density at radius 1 is 1.07 bits per heavy atom. The summed E-state index contributed by atoms with van der Waals surface area (Å²) in [5.41, 5.74) is 0.994. The van der Waals surface area contributed by atoms with Crippen molar-refractivity contribution >= 4 is 34.2 Å². The van der Waals surface area contributed by atoms with Crippen molar-refractivity contribution in [2.75, 3.05) is 11.9 Å². The molecule has 1 N–H and O–H groups in total. The summed E-state index contributed by atoms with van der Waals surface area (Å²) >= 11 is 1.17. The summed E-state index contributed by atoms with van der Waals surface area (Å²) in [5, 5.41) is 11.4. The minimum Gasteiger partial charge on any atom is -0.295 e. The smallest absolute Gasteiger partial charge is 0.277 e. The number of nitrogens with zero attached hydrogens (tertiary/aromatic N) is 5. The molecule has 0 aliphatic carbocycles. The quantitative estimate of drug-likeness (QED) is 0.665.